The molecule has 0 aliphatic rings. The van der Waals surface area contributed by atoms with Crippen molar-refractivity contribution in [3.8, 4) is 11.3 Å². The second kappa shape index (κ2) is 8.86. The van der Waals surface area contributed by atoms with Crippen LogP contribution >= 0.6 is 0 Å². The van der Waals surface area contributed by atoms with Crippen molar-refractivity contribution in [1.82, 2.24) is 14.5 Å². The second-order valence-electron chi connectivity index (χ2n) is 6.42. The lowest BCUT2D eigenvalue weighted by Gasteiger charge is -2.15. The minimum atomic E-state index is -4.48. The maximum absolute atomic E-state index is 12.8. The van der Waals surface area contributed by atoms with Gasteiger partial charge in [-0.15, -0.1) is 0 Å². The molecule has 0 radical (unpaired) electrons. The van der Waals surface area contributed by atoms with Gasteiger partial charge in [0.2, 0.25) is 0 Å². The number of hydrogen-bond acceptors (Lipinski definition) is 5. The minimum Gasteiger partial charge on any atom is -0.340 e. The zero-order valence-corrected chi connectivity index (χ0v) is 18.1. The molecule has 3 rings (SSSR count). The van der Waals surface area contributed by atoms with Gasteiger partial charge in [0, 0.05) is 36.9 Å². The summed E-state index contributed by atoms with van der Waals surface area (Å²) in [6.07, 6.45) is 0.639. The Morgan fingerprint density at radius 1 is 1.10 bits per heavy atom. The number of halogens is 3. The summed E-state index contributed by atoms with van der Waals surface area (Å²) < 4.78 is 64.1. The van der Waals surface area contributed by atoms with Crippen LogP contribution in [0.1, 0.15) is 25.0 Å². The first-order valence-electron chi connectivity index (χ1n) is 9.08. The molecule has 30 heavy (non-hydrogen) atoms. The van der Waals surface area contributed by atoms with Gasteiger partial charge in [-0.1, -0.05) is 13.8 Å². The first kappa shape index (κ1) is 23.4. The normalized spacial score (nSPS) is 11.6. The third kappa shape index (κ3) is 5.38. The molecule has 0 atom stereocenters. The zero-order valence-electron chi connectivity index (χ0n) is 17.2. The summed E-state index contributed by atoms with van der Waals surface area (Å²) in [7, 11) is -1.68. The van der Waals surface area contributed by atoms with E-state index in [0.717, 1.165) is 18.5 Å². The second-order valence-corrected chi connectivity index (χ2v) is 8.43. The largest absolute Gasteiger partial charge is 0.417 e. The molecule has 10 heteroatoms. The number of benzene rings is 1. The van der Waals surface area contributed by atoms with E-state index in [1.807, 2.05) is 13.8 Å². The first-order chi connectivity index (χ1) is 13.9. The van der Waals surface area contributed by atoms with Crippen molar-refractivity contribution in [1.29, 1.82) is 0 Å². The van der Waals surface area contributed by atoms with Crippen molar-refractivity contribution in [2.24, 2.45) is 7.05 Å². The Kier molecular flexibility index (Phi) is 6.91. The predicted molar refractivity (Wildman–Crippen MR) is 110 cm³/mol. The van der Waals surface area contributed by atoms with Crippen LogP contribution in [0.4, 0.5) is 24.7 Å². The molecule has 0 saturated carbocycles. The number of anilines is 2. The van der Waals surface area contributed by atoms with E-state index in [1.54, 1.807) is 30.2 Å². The van der Waals surface area contributed by atoms with Crippen LogP contribution in [0, 0.1) is 6.92 Å². The fourth-order valence-corrected chi connectivity index (χ4v) is 3.26. The first-order valence-corrected chi connectivity index (χ1v) is 11.0. The SMILES string of the molecule is CC.Cc1cc(C(F)(F)F)cnc1Nc1ccc(S(C)(=O)=O)cc1-c1cn(C)cn1. The van der Waals surface area contributed by atoms with Crippen molar-refractivity contribution in [2.75, 3.05) is 11.6 Å². The Balaban J connectivity index is 0.00000155. The molecule has 2 heterocycles. The average Bonchev–Trinajstić information content (AvgIpc) is 3.09. The van der Waals surface area contributed by atoms with E-state index in [2.05, 4.69) is 15.3 Å². The van der Waals surface area contributed by atoms with Crippen LogP contribution in [0.2, 0.25) is 0 Å². The lowest BCUT2D eigenvalue weighted by molar-refractivity contribution is -0.137. The molecule has 0 aliphatic heterocycles. The number of nitrogens with zero attached hydrogens (tertiary/aromatic N) is 3. The Hall–Kier alpha value is -2.88. The highest BCUT2D eigenvalue weighted by Crippen LogP contribution is 2.34. The van der Waals surface area contributed by atoms with Gasteiger partial charge in [0.25, 0.3) is 0 Å². The van der Waals surface area contributed by atoms with Gasteiger partial charge >= 0.3 is 6.18 Å². The van der Waals surface area contributed by atoms with Gasteiger partial charge in [-0.3, -0.25) is 0 Å². The molecule has 162 valence electrons. The molecule has 0 aliphatic carbocycles. The van der Waals surface area contributed by atoms with Crippen molar-refractivity contribution >= 4 is 21.3 Å². The summed E-state index contributed by atoms with van der Waals surface area (Å²) >= 11 is 0. The topological polar surface area (TPSA) is 76.9 Å². The molecule has 0 amide bonds. The van der Waals surface area contributed by atoms with E-state index < -0.39 is 21.6 Å². The highest BCUT2D eigenvalue weighted by atomic mass is 32.2. The van der Waals surface area contributed by atoms with Crippen molar-refractivity contribution in [3.63, 3.8) is 0 Å². The number of hydrogen-bond donors (Lipinski definition) is 1. The predicted octanol–water partition coefficient (Wildman–Crippen LogP) is 4.98. The summed E-state index contributed by atoms with van der Waals surface area (Å²) in [4.78, 5) is 8.22. The summed E-state index contributed by atoms with van der Waals surface area (Å²) in [5, 5.41) is 2.98. The number of alkyl halides is 3. The van der Waals surface area contributed by atoms with Gasteiger partial charge in [0.1, 0.15) is 5.82 Å². The van der Waals surface area contributed by atoms with Crippen molar-refractivity contribution in [2.45, 2.75) is 31.8 Å². The molecule has 0 fully saturated rings. The van der Waals surface area contributed by atoms with E-state index >= 15 is 0 Å². The fraction of sp³-hybridized carbons (Fsp3) is 0.300. The summed E-state index contributed by atoms with van der Waals surface area (Å²) in [6, 6.07) is 5.43. The quantitative estimate of drug-likeness (QED) is 0.619. The average molecular weight is 440 g/mol. The molecule has 0 bridgehead atoms. The maximum Gasteiger partial charge on any atom is 0.417 e. The van der Waals surface area contributed by atoms with Crippen LogP contribution in [0.5, 0.6) is 0 Å². The number of aryl methyl sites for hydroxylation is 2. The summed E-state index contributed by atoms with van der Waals surface area (Å²) in [6.45, 7) is 5.51. The summed E-state index contributed by atoms with van der Waals surface area (Å²) in [5.41, 5.74) is 0.938. The molecule has 0 saturated heterocycles. The van der Waals surface area contributed by atoms with Crippen LogP contribution in [-0.4, -0.2) is 29.2 Å². The smallest absolute Gasteiger partial charge is 0.340 e. The molecule has 6 nitrogen and oxygen atoms in total. The number of imidazole rings is 1. The highest BCUT2D eigenvalue weighted by Gasteiger charge is 2.31. The Labute approximate surface area is 173 Å². The van der Waals surface area contributed by atoms with Gasteiger partial charge in [-0.2, -0.15) is 13.2 Å². The van der Waals surface area contributed by atoms with E-state index in [4.69, 9.17) is 0 Å². The van der Waals surface area contributed by atoms with Crippen LogP contribution < -0.4 is 5.32 Å². The van der Waals surface area contributed by atoms with E-state index in [9.17, 15) is 21.6 Å². The maximum atomic E-state index is 12.8. The summed E-state index contributed by atoms with van der Waals surface area (Å²) in [5.74, 6) is 0.234. The van der Waals surface area contributed by atoms with E-state index in [1.165, 1.54) is 19.1 Å². The highest BCUT2D eigenvalue weighted by molar-refractivity contribution is 7.90. The standard InChI is InChI=1S/C18H17F3N4O2S.C2H6/c1-11-6-12(18(19,20)21)8-22-17(11)24-15-5-4-13(28(3,26)27)7-14(15)16-9-25(2)10-23-16;1-2/h4-10H,1-3H3,(H,22,24);1-2H3. The zero-order chi connectivity index (χ0) is 22.7. The molecular weight excluding hydrogens is 417 g/mol. The van der Waals surface area contributed by atoms with Gasteiger partial charge in [0.05, 0.1) is 22.5 Å². The monoisotopic (exact) mass is 440 g/mol. The van der Waals surface area contributed by atoms with Gasteiger partial charge in [-0.25, -0.2) is 18.4 Å². The fourth-order valence-electron chi connectivity index (χ4n) is 2.62. The third-order valence-corrected chi connectivity index (χ3v) is 5.17. The molecule has 2 aromatic heterocycles. The minimum absolute atomic E-state index is 0.107. The van der Waals surface area contributed by atoms with Crippen LogP contribution in [0.25, 0.3) is 11.3 Å². The molecule has 3 aromatic rings. The lowest BCUT2D eigenvalue weighted by atomic mass is 10.1. The molecular formula is C20H23F3N4O2S. The number of sulfone groups is 1. The van der Waals surface area contributed by atoms with Crippen molar-refractivity contribution in [3.05, 3.63) is 54.1 Å². The molecule has 1 aromatic carbocycles. The molecule has 0 spiro atoms. The van der Waals surface area contributed by atoms with Gasteiger partial charge < -0.3 is 9.88 Å². The van der Waals surface area contributed by atoms with Gasteiger partial charge in [-0.05, 0) is 36.8 Å². The number of rotatable bonds is 4. The third-order valence-electron chi connectivity index (χ3n) is 4.06. The van der Waals surface area contributed by atoms with Crippen LogP contribution in [0.15, 0.2) is 47.9 Å². The van der Waals surface area contributed by atoms with E-state index in [-0.39, 0.29) is 10.7 Å². The molecule has 1 N–H and O–H groups in total. The number of nitrogens with one attached hydrogen (secondary N) is 1. The number of aromatic nitrogens is 3. The molecule has 0 unspecified atom stereocenters. The Morgan fingerprint density at radius 2 is 1.77 bits per heavy atom. The van der Waals surface area contributed by atoms with Crippen LogP contribution in [-0.2, 0) is 23.1 Å². The Morgan fingerprint density at radius 3 is 2.27 bits per heavy atom. The van der Waals surface area contributed by atoms with Crippen molar-refractivity contribution < 1.29 is 21.6 Å². The van der Waals surface area contributed by atoms with Crippen LogP contribution in [0.3, 0.4) is 0 Å². The number of pyridine rings is 1. The Bertz CT molecular complexity index is 1140. The lowest BCUT2D eigenvalue weighted by Crippen LogP contribution is -2.08. The van der Waals surface area contributed by atoms with Gasteiger partial charge in [0.15, 0.2) is 9.84 Å². The van der Waals surface area contributed by atoms with E-state index in [0.29, 0.717) is 22.5 Å².